The second kappa shape index (κ2) is 7.75. The molecule has 1 unspecified atom stereocenters. The Kier molecular flexibility index (Phi) is 4.58. The third-order valence-electron chi connectivity index (χ3n) is 6.35. The second-order valence-electron chi connectivity index (χ2n) is 8.50. The van der Waals surface area contributed by atoms with Crippen LogP contribution in [0.5, 0.6) is 17.2 Å². The van der Waals surface area contributed by atoms with Crippen LogP contribution in [0.15, 0.2) is 53.7 Å². The van der Waals surface area contributed by atoms with Gasteiger partial charge in [0.2, 0.25) is 5.91 Å². The first-order valence-electron chi connectivity index (χ1n) is 11.0. The van der Waals surface area contributed by atoms with Gasteiger partial charge in [-0.1, -0.05) is 0 Å². The molecular weight excluding hydrogens is 416 g/mol. The maximum Gasteiger partial charge on any atom is 0.225 e. The van der Waals surface area contributed by atoms with Crippen molar-refractivity contribution in [3.8, 4) is 23.3 Å². The maximum absolute atomic E-state index is 11.7. The van der Waals surface area contributed by atoms with Gasteiger partial charge in [0.25, 0.3) is 0 Å². The van der Waals surface area contributed by atoms with Crippen molar-refractivity contribution in [2.75, 3.05) is 11.9 Å². The number of nitrogens with one attached hydrogen (secondary N) is 1. The molecule has 1 N–H and O–H groups in total. The first-order chi connectivity index (χ1) is 16.2. The Balaban J connectivity index is 1.22. The number of hydrogen-bond acceptors (Lipinski definition) is 6. The zero-order valence-corrected chi connectivity index (χ0v) is 17.8. The third kappa shape index (κ3) is 3.60. The van der Waals surface area contributed by atoms with Crippen molar-refractivity contribution in [1.29, 1.82) is 5.26 Å². The molecule has 2 aromatic carbocycles. The molecule has 3 aromatic rings. The fourth-order valence-electron chi connectivity index (χ4n) is 4.66. The topological polar surface area (TPSA) is 96.6 Å². The minimum absolute atomic E-state index is 0.0232. The number of nitriles is 1. The van der Waals surface area contributed by atoms with Gasteiger partial charge in [0.15, 0.2) is 0 Å². The average molecular weight is 436 g/mol. The molecule has 0 spiro atoms. The van der Waals surface area contributed by atoms with E-state index >= 15 is 0 Å². The molecule has 7 nitrogen and oxygen atoms in total. The summed E-state index contributed by atoms with van der Waals surface area (Å²) in [4.78, 5) is 20.8. The molecule has 7 heteroatoms. The molecule has 1 atom stereocenters. The monoisotopic (exact) mass is 436 g/mol. The van der Waals surface area contributed by atoms with Crippen LogP contribution in [0, 0.1) is 17.2 Å². The summed E-state index contributed by atoms with van der Waals surface area (Å²) in [5.41, 5.74) is 5.80. The fourth-order valence-corrected chi connectivity index (χ4v) is 4.66. The van der Waals surface area contributed by atoms with Crippen LogP contribution in [-0.4, -0.2) is 23.2 Å². The number of rotatable bonds is 3. The lowest BCUT2D eigenvalue weighted by Gasteiger charge is -2.26. The molecule has 1 amide bonds. The first-order valence-corrected chi connectivity index (χ1v) is 11.0. The first kappa shape index (κ1) is 19.5. The van der Waals surface area contributed by atoms with Crippen molar-refractivity contribution in [3.05, 3.63) is 70.9 Å². The van der Waals surface area contributed by atoms with Gasteiger partial charge in [0, 0.05) is 36.2 Å². The standard InChI is InChI=1S/C26H20N4O3/c27-13-15-1-4-21-16(9-15)12-22(29-21)18-10-17-11-19(2-5-23(17)32-14-18)33-24-7-8-28-26-20(24)3-6-25(31)30-26/h1-2,4-5,7-9,11,18H,3,6,10,12,14H2,(H,28,30,31). The number of hydrogen-bond donors (Lipinski definition) is 1. The van der Waals surface area contributed by atoms with Gasteiger partial charge in [-0.2, -0.15) is 5.26 Å². The van der Waals surface area contributed by atoms with Crippen molar-refractivity contribution < 1.29 is 14.3 Å². The Morgan fingerprint density at radius 1 is 1.12 bits per heavy atom. The van der Waals surface area contributed by atoms with Crippen molar-refractivity contribution in [2.45, 2.75) is 25.7 Å². The Morgan fingerprint density at radius 2 is 2.06 bits per heavy atom. The highest BCUT2D eigenvalue weighted by Crippen LogP contribution is 2.38. The van der Waals surface area contributed by atoms with Gasteiger partial charge in [0.1, 0.15) is 23.1 Å². The number of amides is 1. The summed E-state index contributed by atoms with van der Waals surface area (Å²) < 4.78 is 12.3. The molecule has 0 aliphatic carbocycles. The molecule has 0 bridgehead atoms. The smallest absolute Gasteiger partial charge is 0.225 e. The minimum Gasteiger partial charge on any atom is -0.493 e. The van der Waals surface area contributed by atoms with Crippen LogP contribution in [-0.2, 0) is 24.1 Å². The van der Waals surface area contributed by atoms with Crippen LogP contribution in [0.25, 0.3) is 0 Å². The Hall–Kier alpha value is -4.18. The van der Waals surface area contributed by atoms with E-state index in [1.165, 1.54) is 0 Å². The van der Waals surface area contributed by atoms with Crippen LogP contribution in [0.2, 0.25) is 0 Å². The molecule has 0 saturated heterocycles. The number of fused-ring (bicyclic) bond motifs is 3. The normalized spacial score (nSPS) is 18.1. The van der Waals surface area contributed by atoms with E-state index < -0.39 is 0 Å². The molecule has 162 valence electrons. The van der Waals surface area contributed by atoms with Gasteiger partial charge < -0.3 is 14.8 Å². The van der Waals surface area contributed by atoms with E-state index in [0.29, 0.717) is 36.6 Å². The van der Waals surface area contributed by atoms with E-state index in [1.54, 1.807) is 6.20 Å². The summed E-state index contributed by atoms with van der Waals surface area (Å²) in [6, 6.07) is 15.5. The summed E-state index contributed by atoms with van der Waals surface area (Å²) in [7, 11) is 0. The summed E-state index contributed by atoms with van der Waals surface area (Å²) in [6.07, 6.45) is 4.24. The van der Waals surface area contributed by atoms with Crippen LogP contribution in [0.1, 0.15) is 28.7 Å². The summed E-state index contributed by atoms with van der Waals surface area (Å²) in [5.74, 6) is 3.02. The molecule has 4 heterocycles. The zero-order chi connectivity index (χ0) is 22.4. The maximum atomic E-state index is 11.7. The molecular formula is C26H20N4O3. The van der Waals surface area contributed by atoms with Crippen LogP contribution >= 0.6 is 0 Å². The number of aliphatic imine (C=N–C) groups is 1. The highest BCUT2D eigenvalue weighted by atomic mass is 16.5. The van der Waals surface area contributed by atoms with E-state index in [1.807, 2.05) is 42.5 Å². The van der Waals surface area contributed by atoms with Crippen molar-refractivity contribution >= 4 is 23.1 Å². The Labute approximate surface area is 190 Å². The average Bonchev–Trinajstić information content (AvgIpc) is 3.27. The predicted molar refractivity (Wildman–Crippen MR) is 122 cm³/mol. The van der Waals surface area contributed by atoms with Gasteiger partial charge >= 0.3 is 0 Å². The number of nitrogens with zero attached hydrogens (tertiary/aromatic N) is 3. The number of pyridine rings is 1. The molecule has 6 rings (SSSR count). The SMILES string of the molecule is N#Cc1ccc2c(c1)CC(C1COc3ccc(Oc4ccnc5c4CCC(=O)N5)cc3C1)=N2. The molecule has 3 aliphatic heterocycles. The number of aromatic nitrogens is 1. The lowest BCUT2D eigenvalue weighted by Crippen LogP contribution is -2.28. The van der Waals surface area contributed by atoms with E-state index in [-0.39, 0.29) is 11.8 Å². The number of anilines is 1. The molecule has 1 aromatic heterocycles. The van der Waals surface area contributed by atoms with Crippen LogP contribution in [0.4, 0.5) is 11.5 Å². The van der Waals surface area contributed by atoms with E-state index in [9.17, 15) is 4.79 Å². The predicted octanol–water partition coefficient (Wildman–Crippen LogP) is 4.51. The highest BCUT2D eigenvalue weighted by molar-refractivity contribution is 5.96. The second-order valence-corrected chi connectivity index (χ2v) is 8.50. The third-order valence-corrected chi connectivity index (χ3v) is 6.35. The van der Waals surface area contributed by atoms with Crippen molar-refractivity contribution in [3.63, 3.8) is 0 Å². The summed E-state index contributed by atoms with van der Waals surface area (Å²) in [5, 5.41) is 12.0. The van der Waals surface area contributed by atoms with Gasteiger partial charge in [-0.05, 0) is 66.4 Å². The number of carbonyl (C=O) groups is 1. The minimum atomic E-state index is -0.0232. The zero-order valence-electron chi connectivity index (χ0n) is 17.8. The van der Waals surface area contributed by atoms with Crippen LogP contribution in [0.3, 0.4) is 0 Å². The van der Waals surface area contributed by atoms with E-state index in [2.05, 4.69) is 16.4 Å². The number of ether oxygens (including phenoxy) is 2. The fraction of sp³-hybridized carbons (Fsp3) is 0.231. The van der Waals surface area contributed by atoms with Crippen molar-refractivity contribution in [2.24, 2.45) is 10.9 Å². The largest absolute Gasteiger partial charge is 0.493 e. The molecule has 3 aliphatic rings. The summed E-state index contributed by atoms with van der Waals surface area (Å²) >= 11 is 0. The van der Waals surface area contributed by atoms with E-state index in [4.69, 9.17) is 19.7 Å². The molecule has 0 fully saturated rings. The van der Waals surface area contributed by atoms with Crippen LogP contribution < -0.4 is 14.8 Å². The van der Waals surface area contributed by atoms with Crippen molar-refractivity contribution in [1.82, 2.24) is 4.98 Å². The van der Waals surface area contributed by atoms with Gasteiger partial charge in [-0.3, -0.25) is 9.79 Å². The lowest BCUT2D eigenvalue weighted by atomic mass is 9.90. The highest BCUT2D eigenvalue weighted by Gasteiger charge is 2.28. The van der Waals surface area contributed by atoms with Gasteiger partial charge in [-0.25, -0.2) is 4.98 Å². The lowest BCUT2D eigenvalue weighted by molar-refractivity contribution is -0.116. The number of benzene rings is 2. The molecule has 0 radical (unpaired) electrons. The van der Waals surface area contributed by atoms with E-state index in [0.717, 1.165) is 52.4 Å². The number of carbonyl (C=O) groups excluding carboxylic acids is 1. The summed E-state index contributed by atoms with van der Waals surface area (Å²) in [6.45, 7) is 0.586. The molecule has 33 heavy (non-hydrogen) atoms. The Bertz CT molecular complexity index is 1370. The molecule has 0 saturated carbocycles. The van der Waals surface area contributed by atoms with Gasteiger partial charge in [0.05, 0.1) is 23.9 Å². The van der Waals surface area contributed by atoms with Gasteiger partial charge in [-0.15, -0.1) is 0 Å². The quantitative estimate of drug-likeness (QED) is 0.652. The Morgan fingerprint density at radius 3 is 2.97 bits per heavy atom.